The normalized spacial score (nSPS) is 13.9. The van der Waals surface area contributed by atoms with Crippen LogP contribution in [-0.4, -0.2) is 54.5 Å². The molecule has 0 atom stereocenters. The van der Waals surface area contributed by atoms with Crippen molar-refractivity contribution in [3.05, 3.63) is 66.5 Å². The maximum Gasteiger partial charge on any atom is 0.410 e. The van der Waals surface area contributed by atoms with Crippen LogP contribution in [0, 0.1) is 6.92 Å². The summed E-state index contributed by atoms with van der Waals surface area (Å²) in [5.41, 5.74) is 0.771. The fourth-order valence-electron chi connectivity index (χ4n) is 4.03. The molecule has 5 heterocycles. The minimum Gasteiger partial charge on any atom is -0.452 e. The summed E-state index contributed by atoms with van der Waals surface area (Å²) in [6.07, 6.45) is 6.45. The topological polar surface area (TPSA) is 115 Å². The van der Waals surface area contributed by atoms with Gasteiger partial charge in [-0.15, -0.1) is 0 Å². The number of rotatable bonds is 8. The van der Waals surface area contributed by atoms with Crippen LogP contribution in [0.3, 0.4) is 0 Å². The number of piperidine rings is 1. The van der Waals surface area contributed by atoms with Crippen molar-refractivity contribution in [2.24, 2.45) is 0 Å². The van der Waals surface area contributed by atoms with Crippen molar-refractivity contribution in [1.82, 2.24) is 29.2 Å². The molecule has 0 saturated carbocycles. The van der Waals surface area contributed by atoms with E-state index in [0.29, 0.717) is 35.5 Å². The van der Waals surface area contributed by atoms with Gasteiger partial charge < -0.3 is 19.7 Å². The minimum absolute atomic E-state index is 0.128. The largest absolute Gasteiger partial charge is 0.452 e. The molecule has 1 N–H and O–H groups in total. The summed E-state index contributed by atoms with van der Waals surface area (Å²) < 4.78 is 16.2. The first-order chi connectivity index (χ1) is 18.9. The second kappa shape index (κ2) is 12.4. The van der Waals surface area contributed by atoms with E-state index in [2.05, 4.69) is 24.6 Å². The Morgan fingerprint density at radius 1 is 1.10 bits per heavy atom. The molecule has 1 saturated heterocycles. The number of amides is 1. The summed E-state index contributed by atoms with van der Waals surface area (Å²) in [7, 11) is 0. The molecular weight excluding hydrogens is 534 g/mol. The highest BCUT2D eigenvalue weighted by molar-refractivity contribution is 7.99. The third kappa shape index (κ3) is 7.01. The molecule has 202 valence electrons. The second-order valence-corrected chi connectivity index (χ2v) is 11.1. The first-order valence-electron chi connectivity index (χ1n) is 12.7. The number of carbonyl (C=O) groups excluding carboxylic acids is 1. The first kappa shape index (κ1) is 26.8. The predicted molar refractivity (Wildman–Crippen MR) is 150 cm³/mol. The van der Waals surface area contributed by atoms with Crippen LogP contribution in [0.15, 0.2) is 64.9 Å². The van der Waals surface area contributed by atoms with E-state index < -0.39 is 0 Å². The third-order valence-corrected chi connectivity index (χ3v) is 7.54. The van der Waals surface area contributed by atoms with E-state index in [9.17, 15) is 4.79 Å². The number of aromatic nitrogens is 5. The molecule has 0 unspecified atom stereocenters. The van der Waals surface area contributed by atoms with Crippen molar-refractivity contribution in [2.75, 3.05) is 18.4 Å². The minimum atomic E-state index is -0.260. The maximum atomic E-state index is 12.2. The van der Waals surface area contributed by atoms with Gasteiger partial charge in [-0.3, -0.25) is 4.98 Å². The Bertz CT molecular complexity index is 1410. The van der Waals surface area contributed by atoms with Gasteiger partial charge >= 0.3 is 6.09 Å². The summed E-state index contributed by atoms with van der Waals surface area (Å²) in [6.45, 7) is 6.85. The van der Waals surface area contributed by atoms with Crippen LogP contribution in [0.1, 0.15) is 44.1 Å². The molecule has 12 heteroatoms. The van der Waals surface area contributed by atoms with Crippen molar-refractivity contribution < 1.29 is 14.3 Å². The van der Waals surface area contributed by atoms with Crippen LogP contribution < -0.4 is 10.1 Å². The highest BCUT2D eigenvalue weighted by Gasteiger charge is 2.27. The lowest BCUT2D eigenvalue weighted by molar-refractivity contribution is 0.0689. The van der Waals surface area contributed by atoms with Gasteiger partial charge in [0.05, 0.1) is 11.8 Å². The van der Waals surface area contributed by atoms with Gasteiger partial charge in [0.1, 0.15) is 16.6 Å². The van der Waals surface area contributed by atoms with Crippen molar-refractivity contribution >= 4 is 40.3 Å². The van der Waals surface area contributed by atoms with Crippen molar-refractivity contribution in [1.29, 1.82) is 0 Å². The molecule has 0 bridgehead atoms. The summed E-state index contributed by atoms with van der Waals surface area (Å²) in [5.74, 6) is 2.66. The molecule has 0 spiro atoms. The fourth-order valence-corrected chi connectivity index (χ4v) is 5.45. The average Bonchev–Trinajstić information content (AvgIpc) is 3.40. The molecule has 1 aliphatic heterocycles. The third-order valence-electron chi connectivity index (χ3n) is 5.99. The molecule has 1 aliphatic rings. The van der Waals surface area contributed by atoms with Crippen molar-refractivity contribution in [2.45, 2.75) is 55.6 Å². The number of nitrogens with zero attached hydrogens (tertiary/aromatic N) is 6. The summed E-state index contributed by atoms with van der Waals surface area (Å²) in [6, 6.07) is 11.4. The number of likely N-dealkylation sites (tertiary alicyclic amines) is 1. The first-order valence-corrected chi connectivity index (χ1v) is 14.3. The van der Waals surface area contributed by atoms with E-state index >= 15 is 0 Å². The molecule has 10 nitrogen and oxygen atoms in total. The number of ether oxygens (including phenoxy) is 2. The van der Waals surface area contributed by atoms with Gasteiger partial charge in [0.15, 0.2) is 11.6 Å². The molecule has 4 aromatic heterocycles. The van der Waals surface area contributed by atoms with Gasteiger partial charge in [-0.2, -0.15) is 4.37 Å². The molecule has 5 rings (SSSR count). The quantitative estimate of drug-likeness (QED) is 0.257. The molecule has 1 fully saturated rings. The zero-order valence-electron chi connectivity index (χ0n) is 21.9. The number of hydrogen-bond acceptors (Lipinski definition) is 11. The number of anilines is 2. The van der Waals surface area contributed by atoms with Crippen molar-refractivity contribution in [3.8, 4) is 11.5 Å². The summed E-state index contributed by atoms with van der Waals surface area (Å²) >= 11 is 2.78. The predicted octanol–water partition coefficient (Wildman–Crippen LogP) is 6.44. The van der Waals surface area contributed by atoms with E-state index in [1.165, 1.54) is 23.3 Å². The molecule has 0 aromatic carbocycles. The molecular formula is C27H29N7O3S2. The van der Waals surface area contributed by atoms with Gasteiger partial charge in [0.2, 0.25) is 5.13 Å². The van der Waals surface area contributed by atoms with E-state index in [4.69, 9.17) is 14.5 Å². The van der Waals surface area contributed by atoms with E-state index in [1.54, 1.807) is 23.5 Å². The number of pyridine rings is 3. The highest BCUT2D eigenvalue weighted by atomic mass is 32.2. The zero-order valence-corrected chi connectivity index (χ0v) is 23.5. The van der Waals surface area contributed by atoms with Gasteiger partial charge in [-0.1, -0.05) is 17.8 Å². The van der Waals surface area contributed by atoms with E-state index in [-0.39, 0.29) is 18.1 Å². The Morgan fingerprint density at radius 2 is 1.92 bits per heavy atom. The van der Waals surface area contributed by atoms with Gasteiger partial charge in [0.25, 0.3) is 0 Å². The molecule has 4 aromatic rings. The molecule has 39 heavy (non-hydrogen) atoms. The standard InChI is InChI=1S/C27H29N7O3S2/c1-17(2)36-27(35)34-13-9-19(10-14-34)24-31-26(39-33-24)32-25-22(37-21-7-6-12-28-18(21)3)15-20(16-30-25)38-23-8-4-5-11-29-23/h4-8,11-12,15-17,19H,9-10,13-14H2,1-3H3,(H,30,31,32,33). The maximum absolute atomic E-state index is 12.2. The van der Waals surface area contributed by atoms with E-state index in [1.807, 2.05) is 57.2 Å². The Hall–Kier alpha value is -3.77. The Kier molecular flexibility index (Phi) is 8.52. The second-order valence-electron chi connectivity index (χ2n) is 9.25. The van der Waals surface area contributed by atoms with Crippen LogP contribution in [0.25, 0.3) is 0 Å². The van der Waals surface area contributed by atoms with Crippen LogP contribution in [0.2, 0.25) is 0 Å². The molecule has 0 aliphatic carbocycles. The fraction of sp³-hybridized carbons (Fsp3) is 0.333. The lowest BCUT2D eigenvalue weighted by Gasteiger charge is -2.30. The lowest BCUT2D eigenvalue weighted by Crippen LogP contribution is -2.39. The molecule has 1 amide bonds. The average molecular weight is 564 g/mol. The van der Waals surface area contributed by atoms with Crippen LogP contribution in [-0.2, 0) is 4.74 Å². The van der Waals surface area contributed by atoms with E-state index in [0.717, 1.165) is 34.3 Å². The number of carbonyl (C=O) groups is 1. The number of aryl methyl sites for hydroxylation is 1. The summed E-state index contributed by atoms with van der Waals surface area (Å²) in [4.78, 5) is 33.0. The number of nitrogens with one attached hydrogen (secondary N) is 1. The van der Waals surface area contributed by atoms with Gasteiger partial charge in [-0.25, -0.2) is 19.7 Å². The lowest BCUT2D eigenvalue weighted by atomic mass is 9.96. The van der Waals surface area contributed by atoms with Gasteiger partial charge in [-0.05, 0) is 57.9 Å². The zero-order chi connectivity index (χ0) is 27.2. The smallest absolute Gasteiger partial charge is 0.410 e. The molecule has 0 radical (unpaired) electrons. The number of hydrogen-bond donors (Lipinski definition) is 1. The van der Waals surface area contributed by atoms with Crippen LogP contribution in [0.4, 0.5) is 15.7 Å². The van der Waals surface area contributed by atoms with Crippen LogP contribution >= 0.6 is 23.3 Å². The summed E-state index contributed by atoms with van der Waals surface area (Å²) in [5, 5.41) is 4.77. The Morgan fingerprint density at radius 3 is 2.67 bits per heavy atom. The monoisotopic (exact) mass is 563 g/mol. The SMILES string of the molecule is Cc1ncccc1Oc1cc(Sc2ccccn2)cnc1Nc1nc(C2CCN(C(=O)OC(C)C)CC2)ns1. The Balaban J connectivity index is 1.31. The Labute approximate surface area is 235 Å². The highest BCUT2D eigenvalue weighted by Crippen LogP contribution is 2.37. The van der Waals surface area contributed by atoms with Gasteiger partial charge in [0, 0.05) is 60.1 Å². The van der Waals surface area contributed by atoms with Crippen LogP contribution in [0.5, 0.6) is 11.5 Å². The van der Waals surface area contributed by atoms with Crippen molar-refractivity contribution in [3.63, 3.8) is 0 Å².